The van der Waals surface area contributed by atoms with E-state index in [1.807, 2.05) is 37.3 Å². The molecule has 0 aliphatic heterocycles. The summed E-state index contributed by atoms with van der Waals surface area (Å²) in [7, 11) is 0. The standard InChI is InChI=1S/C20H20N4O2S/c1-5-20(3,4)21-19(25)18-17(11-12-27-18)26-13-16-14(2)22-24(23-16)15-9-7-6-8-10-15/h1,6-12H,13H2,2-4H3,(H,21,25). The van der Waals surface area contributed by atoms with E-state index in [4.69, 9.17) is 11.2 Å². The largest absolute Gasteiger partial charge is 0.485 e. The molecule has 138 valence electrons. The van der Waals surface area contributed by atoms with Gasteiger partial charge in [0.05, 0.1) is 16.9 Å². The van der Waals surface area contributed by atoms with Gasteiger partial charge in [-0.25, -0.2) is 0 Å². The lowest BCUT2D eigenvalue weighted by Gasteiger charge is -2.19. The first-order valence-electron chi connectivity index (χ1n) is 8.38. The average molecular weight is 380 g/mol. The van der Waals surface area contributed by atoms with E-state index < -0.39 is 5.54 Å². The minimum atomic E-state index is -0.729. The molecule has 0 aliphatic carbocycles. The molecule has 0 spiro atoms. The number of thiophene rings is 1. The van der Waals surface area contributed by atoms with Crippen LogP contribution in [0.4, 0.5) is 0 Å². The molecule has 2 aromatic heterocycles. The fourth-order valence-electron chi connectivity index (χ4n) is 2.32. The molecule has 1 aromatic carbocycles. The van der Waals surface area contributed by atoms with Gasteiger partial charge < -0.3 is 10.1 Å². The lowest BCUT2D eigenvalue weighted by Crippen LogP contribution is -2.41. The second-order valence-electron chi connectivity index (χ2n) is 6.48. The fraction of sp³-hybridized carbons (Fsp3) is 0.250. The summed E-state index contributed by atoms with van der Waals surface area (Å²) in [6.45, 7) is 5.63. The Kier molecular flexibility index (Phi) is 5.28. The number of hydrogen-bond donors (Lipinski definition) is 1. The smallest absolute Gasteiger partial charge is 0.266 e. The van der Waals surface area contributed by atoms with Crippen molar-refractivity contribution < 1.29 is 9.53 Å². The molecule has 1 amide bonds. The van der Waals surface area contributed by atoms with Crippen molar-refractivity contribution in [1.82, 2.24) is 20.3 Å². The third kappa shape index (κ3) is 4.36. The molecule has 0 bridgehead atoms. The lowest BCUT2D eigenvalue weighted by atomic mass is 10.1. The first-order chi connectivity index (χ1) is 12.9. The Labute approximate surface area is 162 Å². The minimum Gasteiger partial charge on any atom is -0.485 e. The molecule has 3 aromatic rings. The highest BCUT2D eigenvalue weighted by Gasteiger charge is 2.22. The van der Waals surface area contributed by atoms with E-state index in [9.17, 15) is 4.79 Å². The summed E-state index contributed by atoms with van der Waals surface area (Å²) >= 11 is 1.30. The van der Waals surface area contributed by atoms with Gasteiger partial charge in [0.2, 0.25) is 0 Å². The third-order valence-electron chi connectivity index (χ3n) is 3.85. The monoisotopic (exact) mass is 380 g/mol. The molecule has 0 saturated carbocycles. The van der Waals surface area contributed by atoms with Crippen molar-refractivity contribution in [2.75, 3.05) is 0 Å². The third-order valence-corrected chi connectivity index (χ3v) is 4.75. The number of carbonyl (C=O) groups excluding carboxylic acids is 1. The minimum absolute atomic E-state index is 0.216. The van der Waals surface area contributed by atoms with Crippen LogP contribution in [0, 0.1) is 19.3 Å². The van der Waals surface area contributed by atoms with Gasteiger partial charge in [0.25, 0.3) is 5.91 Å². The number of nitrogens with zero attached hydrogens (tertiary/aromatic N) is 3. The average Bonchev–Trinajstić information content (AvgIpc) is 3.27. The van der Waals surface area contributed by atoms with Crippen molar-refractivity contribution in [3.05, 3.63) is 58.0 Å². The molecular formula is C20H20N4O2S. The van der Waals surface area contributed by atoms with Gasteiger partial charge in [0.1, 0.15) is 22.9 Å². The summed E-state index contributed by atoms with van der Waals surface area (Å²) < 4.78 is 5.84. The van der Waals surface area contributed by atoms with Crippen LogP contribution in [0.3, 0.4) is 0 Å². The van der Waals surface area contributed by atoms with Crippen molar-refractivity contribution in [2.45, 2.75) is 32.9 Å². The molecular weight excluding hydrogens is 360 g/mol. The number of rotatable bonds is 6. The van der Waals surface area contributed by atoms with Crippen LogP contribution in [0.2, 0.25) is 0 Å². The fourth-order valence-corrected chi connectivity index (χ4v) is 3.05. The quantitative estimate of drug-likeness (QED) is 0.666. The molecule has 0 radical (unpaired) electrons. The van der Waals surface area contributed by atoms with Crippen molar-refractivity contribution in [3.63, 3.8) is 0 Å². The topological polar surface area (TPSA) is 69.0 Å². The van der Waals surface area contributed by atoms with Crippen LogP contribution in [-0.2, 0) is 6.61 Å². The molecule has 7 heteroatoms. The first-order valence-corrected chi connectivity index (χ1v) is 9.26. The number of nitrogens with one attached hydrogen (secondary N) is 1. The predicted octanol–water partition coefficient (Wildman–Crippen LogP) is 3.36. The van der Waals surface area contributed by atoms with Crippen LogP contribution < -0.4 is 10.1 Å². The SMILES string of the molecule is C#CC(C)(C)NC(=O)c1sccc1OCc1nn(-c2ccccc2)nc1C. The van der Waals surface area contributed by atoms with E-state index >= 15 is 0 Å². The number of aromatic nitrogens is 3. The molecule has 1 N–H and O–H groups in total. The van der Waals surface area contributed by atoms with Crippen molar-refractivity contribution in [3.8, 4) is 23.8 Å². The number of terminal acetylenes is 1. The molecule has 0 saturated heterocycles. The molecule has 0 atom stereocenters. The van der Waals surface area contributed by atoms with E-state index in [2.05, 4.69) is 21.4 Å². The number of ether oxygens (including phenoxy) is 1. The van der Waals surface area contributed by atoms with Crippen LogP contribution in [0.5, 0.6) is 5.75 Å². The second kappa shape index (κ2) is 7.64. The zero-order valence-corrected chi connectivity index (χ0v) is 16.2. The highest BCUT2D eigenvalue weighted by atomic mass is 32.1. The highest BCUT2D eigenvalue weighted by molar-refractivity contribution is 7.12. The number of aryl methyl sites for hydroxylation is 1. The Morgan fingerprint density at radius 3 is 2.74 bits per heavy atom. The molecule has 0 aliphatic rings. The van der Waals surface area contributed by atoms with Gasteiger partial charge in [0.15, 0.2) is 0 Å². The van der Waals surface area contributed by atoms with Crippen LogP contribution in [-0.4, -0.2) is 26.4 Å². The number of para-hydroxylation sites is 1. The second-order valence-corrected chi connectivity index (χ2v) is 7.40. The van der Waals surface area contributed by atoms with Crippen molar-refractivity contribution in [2.24, 2.45) is 0 Å². The van der Waals surface area contributed by atoms with E-state index in [1.54, 1.807) is 30.1 Å². The van der Waals surface area contributed by atoms with E-state index in [0.717, 1.165) is 11.4 Å². The lowest BCUT2D eigenvalue weighted by molar-refractivity contribution is 0.0930. The molecule has 2 heterocycles. The summed E-state index contributed by atoms with van der Waals surface area (Å²) in [5, 5.41) is 13.5. The van der Waals surface area contributed by atoms with Gasteiger partial charge in [-0.2, -0.15) is 9.90 Å². The van der Waals surface area contributed by atoms with Gasteiger partial charge in [-0.15, -0.1) is 22.9 Å². The zero-order chi connectivity index (χ0) is 19.4. The normalized spacial score (nSPS) is 11.0. The summed E-state index contributed by atoms with van der Waals surface area (Å²) in [4.78, 5) is 14.5. The summed E-state index contributed by atoms with van der Waals surface area (Å²) in [5.41, 5.74) is 1.63. The Morgan fingerprint density at radius 1 is 1.30 bits per heavy atom. The van der Waals surface area contributed by atoms with Gasteiger partial charge in [-0.3, -0.25) is 4.79 Å². The van der Waals surface area contributed by atoms with Gasteiger partial charge >= 0.3 is 0 Å². The Morgan fingerprint density at radius 2 is 2.04 bits per heavy atom. The Bertz CT molecular complexity index is 983. The number of hydrogen-bond acceptors (Lipinski definition) is 5. The Balaban J connectivity index is 1.72. The van der Waals surface area contributed by atoms with Crippen LogP contribution in [0.25, 0.3) is 5.69 Å². The maximum Gasteiger partial charge on any atom is 0.266 e. The van der Waals surface area contributed by atoms with Crippen LogP contribution in [0.1, 0.15) is 34.9 Å². The number of amides is 1. The maximum atomic E-state index is 12.5. The van der Waals surface area contributed by atoms with E-state index in [0.29, 0.717) is 16.3 Å². The van der Waals surface area contributed by atoms with Gasteiger partial charge in [-0.1, -0.05) is 24.1 Å². The molecule has 6 nitrogen and oxygen atoms in total. The predicted molar refractivity (Wildman–Crippen MR) is 105 cm³/mol. The van der Waals surface area contributed by atoms with Crippen molar-refractivity contribution >= 4 is 17.2 Å². The summed E-state index contributed by atoms with van der Waals surface area (Å²) in [6, 6.07) is 11.4. The summed E-state index contributed by atoms with van der Waals surface area (Å²) in [6.07, 6.45) is 5.44. The zero-order valence-electron chi connectivity index (χ0n) is 15.4. The van der Waals surface area contributed by atoms with Gasteiger partial charge in [0, 0.05) is 0 Å². The number of carbonyl (C=O) groups is 1. The van der Waals surface area contributed by atoms with Crippen LogP contribution >= 0.6 is 11.3 Å². The number of benzene rings is 1. The van der Waals surface area contributed by atoms with Crippen molar-refractivity contribution in [1.29, 1.82) is 0 Å². The summed E-state index contributed by atoms with van der Waals surface area (Å²) in [5.74, 6) is 2.79. The van der Waals surface area contributed by atoms with Gasteiger partial charge in [-0.05, 0) is 44.4 Å². The molecule has 0 fully saturated rings. The van der Waals surface area contributed by atoms with Crippen LogP contribution in [0.15, 0.2) is 41.8 Å². The first kappa shape index (κ1) is 18.7. The van der Waals surface area contributed by atoms with E-state index in [1.165, 1.54) is 11.3 Å². The molecule has 3 rings (SSSR count). The highest BCUT2D eigenvalue weighted by Crippen LogP contribution is 2.26. The Hall–Kier alpha value is -3.11. The maximum absolute atomic E-state index is 12.5. The van der Waals surface area contributed by atoms with E-state index in [-0.39, 0.29) is 12.5 Å². The molecule has 27 heavy (non-hydrogen) atoms. The molecule has 0 unspecified atom stereocenters.